The predicted molar refractivity (Wildman–Crippen MR) is 84.0 cm³/mol. The number of carbonyl (C=O) groups is 1. The summed E-state index contributed by atoms with van der Waals surface area (Å²) in [6.07, 6.45) is 0. The molecule has 4 nitrogen and oxygen atoms in total. The van der Waals surface area contributed by atoms with E-state index in [-0.39, 0.29) is 0 Å². The largest absolute Gasteiger partial charge is 0.465 e. The van der Waals surface area contributed by atoms with Crippen molar-refractivity contribution in [3.05, 3.63) is 45.8 Å². The van der Waals surface area contributed by atoms with Gasteiger partial charge in [-0.3, -0.25) is 0 Å². The van der Waals surface area contributed by atoms with Gasteiger partial charge in [0.1, 0.15) is 13.7 Å². The molecule has 0 saturated heterocycles. The molecule has 0 aliphatic carbocycles. The van der Waals surface area contributed by atoms with Crippen molar-refractivity contribution in [3.63, 3.8) is 0 Å². The Morgan fingerprint density at radius 3 is 2.57 bits per heavy atom. The normalized spacial score (nSPS) is 10.9. The molecule has 0 unspecified atom stereocenters. The molecule has 0 atom stereocenters. The Hall–Kier alpha value is -2.32. The third-order valence-corrected chi connectivity index (χ3v) is 3.61. The third-order valence-electron chi connectivity index (χ3n) is 2.74. The second-order valence-corrected chi connectivity index (χ2v) is 10.4. The van der Waals surface area contributed by atoms with E-state index in [0.29, 0.717) is 22.1 Å². The van der Waals surface area contributed by atoms with Crippen molar-refractivity contribution in [2.45, 2.75) is 19.6 Å². The summed E-state index contributed by atoms with van der Waals surface area (Å²) in [7, 11) is -0.265. The van der Waals surface area contributed by atoms with Gasteiger partial charge in [0.25, 0.3) is 0 Å². The van der Waals surface area contributed by atoms with Gasteiger partial charge in [-0.25, -0.2) is 9.59 Å². The maximum atomic E-state index is 11.9. The Bertz CT molecular complexity index is 816. The molecule has 21 heavy (non-hydrogen) atoms. The minimum Gasteiger partial charge on any atom is -0.465 e. The third kappa shape index (κ3) is 3.61. The lowest BCUT2D eigenvalue weighted by atomic mass is 10.1. The monoisotopic (exact) mass is 300 g/mol. The average molecular weight is 300 g/mol. The van der Waals surface area contributed by atoms with E-state index in [2.05, 4.69) is 31.1 Å². The van der Waals surface area contributed by atoms with Gasteiger partial charge in [-0.1, -0.05) is 25.6 Å². The second kappa shape index (κ2) is 5.58. The van der Waals surface area contributed by atoms with Crippen LogP contribution in [0.1, 0.15) is 15.9 Å². The molecule has 1 aromatic heterocycles. The van der Waals surface area contributed by atoms with E-state index in [1.54, 1.807) is 18.2 Å². The minimum absolute atomic E-state index is 0.379. The molecule has 2 aromatic rings. The maximum Gasteiger partial charge on any atom is 0.339 e. The molecule has 0 N–H and O–H groups in total. The zero-order valence-electron chi connectivity index (χ0n) is 12.4. The van der Waals surface area contributed by atoms with Crippen LogP contribution in [0.3, 0.4) is 0 Å². The van der Waals surface area contributed by atoms with E-state index in [0.717, 1.165) is 0 Å². The maximum absolute atomic E-state index is 11.9. The topological polar surface area (TPSA) is 56.5 Å². The summed E-state index contributed by atoms with van der Waals surface area (Å²) >= 11 is 0. The molecular formula is C16H16O4Si. The lowest BCUT2D eigenvalue weighted by Gasteiger charge is -2.07. The summed E-state index contributed by atoms with van der Waals surface area (Å²) in [4.78, 5) is 23.2. The van der Waals surface area contributed by atoms with E-state index < -0.39 is 19.7 Å². The molecule has 0 radical (unpaired) electrons. The van der Waals surface area contributed by atoms with Gasteiger partial charge in [0, 0.05) is 17.0 Å². The van der Waals surface area contributed by atoms with E-state index in [1.165, 1.54) is 13.2 Å². The van der Waals surface area contributed by atoms with Crippen LogP contribution in [-0.4, -0.2) is 21.2 Å². The quantitative estimate of drug-likeness (QED) is 0.352. The van der Waals surface area contributed by atoms with Crippen molar-refractivity contribution in [1.29, 1.82) is 0 Å². The summed E-state index contributed by atoms with van der Waals surface area (Å²) in [6.45, 7) is 6.33. The fraction of sp³-hybridized carbons (Fsp3) is 0.250. The predicted octanol–water partition coefficient (Wildman–Crippen LogP) is 2.81. The van der Waals surface area contributed by atoms with Crippen molar-refractivity contribution in [2.75, 3.05) is 7.11 Å². The minimum atomic E-state index is -1.59. The molecule has 2 rings (SSSR count). The average Bonchev–Trinajstić information content (AvgIpc) is 2.42. The highest BCUT2D eigenvalue weighted by Crippen LogP contribution is 2.19. The number of ether oxygens (including phenoxy) is 1. The highest BCUT2D eigenvalue weighted by molar-refractivity contribution is 6.83. The van der Waals surface area contributed by atoms with Crippen LogP contribution in [0.4, 0.5) is 0 Å². The lowest BCUT2D eigenvalue weighted by Crippen LogP contribution is -2.16. The van der Waals surface area contributed by atoms with Gasteiger partial charge in [-0.05, 0) is 18.2 Å². The molecule has 0 aliphatic rings. The molecule has 0 amide bonds. The first-order valence-electron chi connectivity index (χ1n) is 6.49. The van der Waals surface area contributed by atoms with Crippen LogP contribution < -0.4 is 5.63 Å². The van der Waals surface area contributed by atoms with Gasteiger partial charge in [0.2, 0.25) is 0 Å². The van der Waals surface area contributed by atoms with Crippen molar-refractivity contribution < 1.29 is 13.9 Å². The number of benzene rings is 1. The fourth-order valence-corrected chi connectivity index (χ4v) is 2.26. The van der Waals surface area contributed by atoms with E-state index in [4.69, 9.17) is 9.15 Å². The number of hydrogen-bond acceptors (Lipinski definition) is 4. The number of methoxy groups -OCH3 is 1. The molecule has 0 fully saturated rings. The van der Waals surface area contributed by atoms with Gasteiger partial charge in [0.15, 0.2) is 0 Å². The van der Waals surface area contributed by atoms with Crippen LogP contribution in [0.15, 0.2) is 33.5 Å². The lowest BCUT2D eigenvalue weighted by molar-refractivity contribution is 0.0600. The Balaban J connectivity index is 2.71. The van der Waals surface area contributed by atoms with Crippen LogP contribution in [-0.2, 0) is 4.74 Å². The molecule has 1 heterocycles. The van der Waals surface area contributed by atoms with E-state index in [1.807, 2.05) is 0 Å². The number of carbonyl (C=O) groups excluding carboxylic acids is 1. The van der Waals surface area contributed by atoms with E-state index >= 15 is 0 Å². The molecular weight excluding hydrogens is 284 g/mol. The summed E-state index contributed by atoms with van der Waals surface area (Å²) in [5.74, 6) is 2.57. The van der Waals surface area contributed by atoms with Crippen LogP contribution in [0, 0.1) is 11.5 Å². The summed E-state index contributed by atoms with van der Waals surface area (Å²) in [6, 6.07) is 6.19. The van der Waals surface area contributed by atoms with Crippen LogP contribution in [0.5, 0.6) is 0 Å². The SMILES string of the molecule is COC(=O)c1cc2ccc(=O)oc2cc1C#C[Si](C)(C)C. The molecule has 5 heteroatoms. The van der Waals surface area contributed by atoms with Crippen molar-refractivity contribution in [3.8, 4) is 11.5 Å². The first-order valence-corrected chi connectivity index (χ1v) is 9.99. The Morgan fingerprint density at radius 2 is 1.95 bits per heavy atom. The van der Waals surface area contributed by atoms with Gasteiger partial charge in [0.05, 0.1) is 12.7 Å². The molecule has 0 aliphatic heterocycles. The fourth-order valence-electron chi connectivity index (χ4n) is 1.75. The van der Waals surface area contributed by atoms with Crippen molar-refractivity contribution in [1.82, 2.24) is 0 Å². The zero-order chi connectivity index (χ0) is 15.6. The van der Waals surface area contributed by atoms with Crippen LogP contribution in [0.2, 0.25) is 19.6 Å². The Labute approximate surface area is 123 Å². The van der Waals surface area contributed by atoms with E-state index in [9.17, 15) is 9.59 Å². The smallest absolute Gasteiger partial charge is 0.339 e. The zero-order valence-corrected chi connectivity index (χ0v) is 13.4. The van der Waals surface area contributed by atoms with Crippen molar-refractivity contribution in [2.24, 2.45) is 0 Å². The molecule has 0 saturated carbocycles. The van der Waals surface area contributed by atoms with Gasteiger partial charge in [-0.15, -0.1) is 5.54 Å². The second-order valence-electron chi connectivity index (χ2n) is 5.68. The summed E-state index contributed by atoms with van der Waals surface area (Å²) in [5, 5.41) is 0.661. The highest BCUT2D eigenvalue weighted by Gasteiger charge is 2.14. The number of fused-ring (bicyclic) bond motifs is 1. The first-order chi connectivity index (χ1) is 9.80. The number of hydrogen-bond donors (Lipinski definition) is 0. The van der Waals surface area contributed by atoms with Crippen molar-refractivity contribution >= 4 is 25.0 Å². The number of rotatable bonds is 1. The van der Waals surface area contributed by atoms with Gasteiger partial charge < -0.3 is 9.15 Å². The standard InChI is InChI=1S/C16H16O4Si/c1-19-16(18)13-9-12-5-6-15(17)20-14(12)10-11(13)7-8-21(2,3)4/h5-6,9-10H,1-4H3. The summed E-state index contributed by atoms with van der Waals surface area (Å²) in [5.41, 5.74) is 4.08. The first kappa shape index (κ1) is 15.1. The molecule has 0 spiro atoms. The Kier molecular flexibility index (Phi) is 4.01. The summed E-state index contributed by atoms with van der Waals surface area (Å²) < 4.78 is 9.93. The molecule has 1 aromatic carbocycles. The van der Waals surface area contributed by atoms with Crippen LogP contribution >= 0.6 is 0 Å². The Morgan fingerprint density at radius 1 is 1.24 bits per heavy atom. The van der Waals surface area contributed by atoms with Crippen LogP contribution in [0.25, 0.3) is 11.0 Å². The molecule has 0 bridgehead atoms. The number of esters is 1. The molecule has 108 valence electrons. The van der Waals surface area contributed by atoms with Gasteiger partial charge >= 0.3 is 11.6 Å². The highest BCUT2D eigenvalue weighted by atomic mass is 28.3. The van der Waals surface area contributed by atoms with Gasteiger partial charge in [-0.2, -0.15) is 0 Å².